The van der Waals surface area contributed by atoms with Gasteiger partial charge in [-0.3, -0.25) is 9.59 Å². The van der Waals surface area contributed by atoms with E-state index in [1.165, 1.54) is 24.3 Å². The molecule has 25 heavy (non-hydrogen) atoms. The molecule has 1 saturated heterocycles. The summed E-state index contributed by atoms with van der Waals surface area (Å²) in [6, 6.07) is 14.8. The zero-order chi connectivity index (χ0) is 17.6. The van der Waals surface area contributed by atoms with E-state index >= 15 is 0 Å². The monoisotopic (exact) mass is 341 g/mol. The standard InChI is InChI=1S/C19H20FN3O2/c20-15-6-8-16(9-7-15)22-18(24)12-17-19(25)23(11-10-21-17)13-14-4-2-1-3-5-14/h1-9,17,21H,10-13H2,(H,22,24). The van der Waals surface area contributed by atoms with Crippen molar-refractivity contribution in [3.8, 4) is 0 Å². The lowest BCUT2D eigenvalue weighted by molar-refractivity contribution is -0.138. The molecule has 1 aliphatic heterocycles. The Balaban J connectivity index is 1.57. The number of halogens is 1. The van der Waals surface area contributed by atoms with Crippen molar-refractivity contribution < 1.29 is 14.0 Å². The summed E-state index contributed by atoms with van der Waals surface area (Å²) in [6.45, 7) is 1.80. The maximum absolute atomic E-state index is 12.9. The highest BCUT2D eigenvalue weighted by molar-refractivity contribution is 5.95. The molecule has 1 atom stereocenters. The molecule has 0 aromatic heterocycles. The van der Waals surface area contributed by atoms with Crippen molar-refractivity contribution in [1.82, 2.24) is 10.2 Å². The molecule has 0 saturated carbocycles. The Bertz CT molecular complexity index is 734. The van der Waals surface area contributed by atoms with Gasteiger partial charge in [-0.15, -0.1) is 0 Å². The number of carbonyl (C=O) groups excluding carboxylic acids is 2. The number of rotatable bonds is 5. The van der Waals surface area contributed by atoms with E-state index in [4.69, 9.17) is 0 Å². The minimum Gasteiger partial charge on any atom is -0.336 e. The van der Waals surface area contributed by atoms with Crippen molar-refractivity contribution in [2.45, 2.75) is 19.0 Å². The average molecular weight is 341 g/mol. The van der Waals surface area contributed by atoms with Crippen LogP contribution in [0, 0.1) is 5.82 Å². The van der Waals surface area contributed by atoms with Crippen LogP contribution in [0.3, 0.4) is 0 Å². The first-order valence-electron chi connectivity index (χ1n) is 8.23. The van der Waals surface area contributed by atoms with Crippen molar-refractivity contribution >= 4 is 17.5 Å². The molecule has 5 nitrogen and oxygen atoms in total. The number of anilines is 1. The fraction of sp³-hybridized carbons (Fsp3) is 0.263. The van der Waals surface area contributed by atoms with Crippen LogP contribution in [0.4, 0.5) is 10.1 Å². The first-order chi connectivity index (χ1) is 12.1. The molecule has 0 bridgehead atoms. The number of carbonyl (C=O) groups is 2. The summed E-state index contributed by atoms with van der Waals surface area (Å²) in [7, 11) is 0. The Labute approximate surface area is 145 Å². The van der Waals surface area contributed by atoms with Gasteiger partial charge in [0.05, 0.1) is 12.5 Å². The Morgan fingerprint density at radius 2 is 1.88 bits per heavy atom. The normalized spacial score (nSPS) is 17.4. The van der Waals surface area contributed by atoms with Gasteiger partial charge in [-0.05, 0) is 29.8 Å². The van der Waals surface area contributed by atoms with Crippen LogP contribution in [0.2, 0.25) is 0 Å². The second kappa shape index (κ2) is 7.90. The van der Waals surface area contributed by atoms with Crippen LogP contribution < -0.4 is 10.6 Å². The zero-order valence-electron chi connectivity index (χ0n) is 13.7. The van der Waals surface area contributed by atoms with Gasteiger partial charge in [0.1, 0.15) is 5.82 Å². The van der Waals surface area contributed by atoms with E-state index < -0.39 is 6.04 Å². The number of benzene rings is 2. The summed E-state index contributed by atoms with van der Waals surface area (Å²) >= 11 is 0. The van der Waals surface area contributed by atoms with Gasteiger partial charge in [-0.1, -0.05) is 30.3 Å². The lowest BCUT2D eigenvalue weighted by Crippen LogP contribution is -2.55. The van der Waals surface area contributed by atoms with Crippen molar-refractivity contribution in [3.63, 3.8) is 0 Å². The van der Waals surface area contributed by atoms with Crippen LogP contribution in [0.25, 0.3) is 0 Å². The van der Waals surface area contributed by atoms with Gasteiger partial charge in [0, 0.05) is 25.3 Å². The van der Waals surface area contributed by atoms with Gasteiger partial charge in [0.2, 0.25) is 11.8 Å². The first-order valence-corrected chi connectivity index (χ1v) is 8.23. The minimum absolute atomic E-state index is 0.0432. The van der Waals surface area contributed by atoms with Gasteiger partial charge in [0.15, 0.2) is 0 Å². The SMILES string of the molecule is O=C(CC1NCCN(Cc2ccccc2)C1=O)Nc1ccc(F)cc1. The van der Waals surface area contributed by atoms with E-state index in [1.54, 1.807) is 4.90 Å². The van der Waals surface area contributed by atoms with E-state index in [9.17, 15) is 14.0 Å². The summed E-state index contributed by atoms with van der Waals surface area (Å²) in [5.74, 6) is -0.720. The molecule has 2 N–H and O–H groups in total. The maximum Gasteiger partial charge on any atom is 0.240 e. The third kappa shape index (κ3) is 4.64. The van der Waals surface area contributed by atoms with Gasteiger partial charge in [0.25, 0.3) is 0 Å². The van der Waals surface area contributed by atoms with E-state index in [2.05, 4.69) is 10.6 Å². The number of nitrogens with one attached hydrogen (secondary N) is 2. The molecule has 1 heterocycles. The van der Waals surface area contributed by atoms with Crippen LogP contribution in [0.15, 0.2) is 54.6 Å². The Hall–Kier alpha value is -2.73. The maximum atomic E-state index is 12.9. The van der Waals surface area contributed by atoms with Gasteiger partial charge in [-0.2, -0.15) is 0 Å². The Morgan fingerprint density at radius 1 is 1.16 bits per heavy atom. The average Bonchev–Trinajstić information content (AvgIpc) is 2.61. The van der Waals surface area contributed by atoms with Crippen LogP contribution in [0.5, 0.6) is 0 Å². The second-order valence-corrected chi connectivity index (χ2v) is 6.01. The number of hydrogen-bond donors (Lipinski definition) is 2. The van der Waals surface area contributed by atoms with Crippen LogP contribution in [-0.4, -0.2) is 35.8 Å². The molecule has 2 amide bonds. The largest absolute Gasteiger partial charge is 0.336 e. The van der Waals surface area contributed by atoms with E-state index in [0.717, 1.165) is 5.56 Å². The van der Waals surface area contributed by atoms with Crippen molar-refractivity contribution in [1.29, 1.82) is 0 Å². The van der Waals surface area contributed by atoms with Gasteiger partial charge in [-0.25, -0.2) is 4.39 Å². The minimum atomic E-state index is -0.544. The molecule has 1 aliphatic rings. The summed E-state index contributed by atoms with van der Waals surface area (Å²) in [5, 5.41) is 5.78. The predicted octanol–water partition coefficient (Wildman–Crippen LogP) is 2.15. The molecule has 1 unspecified atom stereocenters. The van der Waals surface area contributed by atoms with Gasteiger partial charge >= 0.3 is 0 Å². The summed E-state index contributed by atoms with van der Waals surface area (Å²) in [4.78, 5) is 26.5. The third-order valence-corrected chi connectivity index (χ3v) is 4.12. The number of hydrogen-bond acceptors (Lipinski definition) is 3. The quantitative estimate of drug-likeness (QED) is 0.876. The molecule has 3 rings (SSSR count). The smallest absolute Gasteiger partial charge is 0.240 e. The van der Waals surface area contributed by atoms with Crippen molar-refractivity contribution in [3.05, 3.63) is 66.0 Å². The number of amides is 2. The molecule has 130 valence electrons. The van der Waals surface area contributed by atoms with Crippen LogP contribution in [-0.2, 0) is 16.1 Å². The number of nitrogens with zero attached hydrogens (tertiary/aromatic N) is 1. The lowest BCUT2D eigenvalue weighted by atomic mass is 10.1. The van der Waals surface area contributed by atoms with E-state index in [-0.39, 0.29) is 24.1 Å². The molecule has 2 aromatic carbocycles. The third-order valence-electron chi connectivity index (χ3n) is 4.12. The molecule has 2 aromatic rings. The summed E-state index contributed by atoms with van der Waals surface area (Å²) in [6.07, 6.45) is 0.0432. The highest BCUT2D eigenvalue weighted by Crippen LogP contribution is 2.13. The van der Waals surface area contributed by atoms with Crippen LogP contribution >= 0.6 is 0 Å². The highest BCUT2D eigenvalue weighted by Gasteiger charge is 2.30. The molecular weight excluding hydrogens is 321 g/mol. The molecular formula is C19H20FN3O2. The molecule has 0 spiro atoms. The fourth-order valence-electron chi connectivity index (χ4n) is 2.84. The Kier molecular flexibility index (Phi) is 5.40. The highest BCUT2D eigenvalue weighted by atomic mass is 19.1. The van der Waals surface area contributed by atoms with E-state index in [0.29, 0.717) is 25.3 Å². The molecule has 1 fully saturated rings. The topological polar surface area (TPSA) is 61.4 Å². The van der Waals surface area contributed by atoms with Crippen molar-refractivity contribution in [2.75, 3.05) is 18.4 Å². The first kappa shape index (κ1) is 17.1. The van der Waals surface area contributed by atoms with E-state index in [1.807, 2.05) is 30.3 Å². The molecule has 0 aliphatic carbocycles. The predicted molar refractivity (Wildman–Crippen MR) is 93.3 cm³/mol. The van der Waals surface area contributed by atoms with Gasteiger partial charge < -0.3 is 15.5 Å². The molecule has 0 radical (unpaired) electrons. The Morgan fingerprint density at radius 3 is 2.60 bits per heavy atom. The zero-order valence-corrected chi connectivity index (χ0v) is 13.7. The summed E-state index contributed by atoms with van der Waals surface area (Å²) < 4.78 is 12.9. The summed E-state index contributed by atoms with van der Waals surface area (Å²) in [5.41, 5.74) is 1.57. The fourth-order valence-corrected chi connectivity index (χ4v) is 2.84. The van der Waals surface area contributed by atoms with Crippen LogP contribution in [0.1, 0.15) is 12.0 Å². The second-order valence-electron chi connectivity index (χ2n) is 6.01. The molecule has 6 heteroatoms. The lowest BCUT2D eigenvalue weighted by Gasteiger charge is -2.33. The number of piperazine rings is 1. The van der Waals surface area contributed by atoms with Crippen molar-refractivity contribution in [2.24, 2.45) is 0 Å².